The Labute approximate surface area is 178 Å². The van der Waals surface area contributed by atoms with Gasteiger partial charge in [-0.1, -0.05) is 12.8 Å². The molecule has 9 nitrogen and oxygen atoms in total. The first-order valence-electron chi connectivity index (χ1n) is 10.7. The zero-order valence-electron chi connectivity index (χ0n) is 16.7. The Morgan fingerprint density at radius 2 is 1.97 bits per heavy atom. The lowest BCUT2D eigenvalue weighted by Gasteiger charge is -2.31. The Morgan fingerprint density at radius 3 is 2.83 bits per heavy atom. The fourth-order valence-corrected chi connectivity index (χ4v) is 5.58. The van der Waals surface area contributed by atoms with Crippen molar-refractivity contribution in [3.63, 3.8) is 0 Å². The topological polar surface area (TPSA) is 95.3 Å². The van der Waals surface area contributed by atoms with Crippen molar-refractivity contribution in [1.82, 2.24) is 35.1 Å². The molecule has 5 heterocycles. The molecule has 6 rings (SSSR count). The smallest absolute Gasteiger partial charge is 0.231 e. The molecular weight excluding hydrogens is 398 g/mol. The summed E-state index contributed by atoms with van der Waals surface area (Å²) in [6, 6.07) is 2.54. The number of aromatic nitrogens is 4. The normalized spacial score (nSPS) is 23.2. The number of piperazine rings is 1. The minimum absolute atomic E-state index is 0.161. The van der Waals surface area contributed by atoms with Gasteiger partial charge in [-0.3, -0.25) is 15.2 Å². The monoisotopic (exact) mass is 423 g/mol. The van der Waals surface area contributed by atoms with E-state index in [1.165, 1.54) is 31.1 Å². The average Bonchev–Trinajstić information content (AvgIpc) is 3.53. The largest absolute Gasteiger partial charge is 0.329 e. The molecule has 3 aliphatic rings. The predicted molar refractivity (Wildman–Crippen MR) is 120 cm³/mol. The minimum Gasteiger partial charge on any atom is -0.329 e. The lowest BCUT2D eigenvalue weighted by Crippen LogP contribution is -2.52. The molecule has 3 aromatic heterocycles. The van der Waals surface area contributed by atoms with Crippen molar-refractivity contribution in [2.45, 2.75) is 37.2 Å². The molecule has 3 N–H and O–H groups in total. The molecule has 2 aliphatic heterocycles. The van der Waals surface area contributed by atoms with Gasteiger partial charge in [-0.05, 0) is 18.9 Å². The van der Waals surface area contributed by atoms with Crippen molar-refractivity contribution in [2.75, 3.05) is 31.5 Å². The first-order chi connectivity index (χ1) is 14.9. The molecule has 0 radical (unpaired) electrons. The highest BCUT2D eigenvalue weighted by Gasteiger charge is 2.27. The molecule has 3 aromatic rings. The lowest BCUT2D eigenvalue weighted by atomic mass is 10.2. The third kappa shape index (κ3) is 3.19. The van der Waals surface area contributed by atoms with Crippen molar-refractivity contribution in [3.8, 4) is 0 Å². The highest BCUT2D eigenvalue weighted by Crippen LogP contribution is 2.37. The Hall–Kier alpha value is -2.43. The van der Waals surface area contributed by atoms with E-state index in [1.54, 1.807) is 11.9 Å². The van der Waals surface area contributed by atoms with Crippen LogP contribution in [0.2, 0.25) is 0 Å². The van der Waals surface area contributed by atoms with E-state index in [9.17, 15) is 0 Å². The van der Waals surface area contributed by atoms with Gasteiger partial charge in [-0.2, -0.15) is 9.38 Å². The number of nitrogens with one attached hydrogen (secondary N) is 3. The van der Waals surface area contributed by atoms with Crippen LogP contribution in [-0.2, 0) is 0 Å². The van der Waals surface area contributed by atoms with E-state index in [0.717, 1.165) is 42.7 Å². The highest BCUT2D eigenvalue weighted by molar-refractivity contribution is 7.99. The first-order valence-corrected chi connectivity index (χ1v) is 11.5. The Balaban J connectivity index is 1.29. The maximum Gasteiger partial charge on any atom is 0.231 e. The lowest BCUT2D eigenvalue weighted by molar-refractivity contribution is 0.218. The van der Waals surface area contributed by atoms with Gasteiger partial charge in [-0.15, -0.1) is 0 Å². The van der Waals surface area contributed by atoms with Gasteiger partial charge in [0, 0.05) is 67.3 Å². The molecular formula is C20H25N9S. The number of nitrogens with zero attached hydrogens (tertiary/aromatic N) is 6. The van der Waals surface area contributed by atoms with Gasteiger partial charge in [0.05, 0.1) is 11.7 Å². The molecule has 1 aliphatic carbocycles. The molecule has 156 valence electrons. The van der Waals surface area contributed by atoms with Gasteiger partial charge < -0.3 is 15.2 Å². The van der Waals surface area contributed by atoms with E-state index in [2.05, 4.69) is 45.8 Å². The minimum atomic E-state index is 0.161. The molecule has 0 amide bonds. The number of guanidine groups is 1. The van der Waals surface area contributed by atoms with E-state index in [1.807, 2.05) is 18.6 Å². The van der Waals surface area contributed by atoms with E-state index in [-0.39, 0.29) is 5.50 Å². The summed E-state index contributed by atoms with van der Waals surface area (Å²) in [5.41, 5.74) is 2.29. The number of hydrogen-bond acceptors (Lipinski definition) is 9. The third-order valence-corrected chi connectivity index (χ3v) is 7.16. The summed E-state index contributed by atoms with van der Waals surface area (Å²) in [5.74, 6) is 1.29. The quantitative estimate of drug-likeness (QED) is 0.553. The summed E-state index contributed by atoms with van der Waals surface area (Å²) in [4.78, 5) is 16.3. The van der Waals surface area contributed by atoms with Crippen LogP contribution in [-0.4, -0.2) is 62.1 Å². The summed E-state index contributed by atoms with van der Waals surface area (Å²) in [7, 11) is 0. The molecule has 10 heteroatoms. The summed E-state index contributed by atoms with van der Waals surface area (Å²) in [5, 5.41) is 12.4. The third-order valence-electron chi connectivity index (χ3n) is 6.25. The van der Waals surface area contributed by atoms with Gasteiger partial charge in [-0.25, -0.2) is 4.98 Å². The average molecular weight is 424 g/mol. The van der Waals surface area contributed by atoms with Gasteiger partial charge in [0.2, 0.25) is 11.9 Å². The summed E-state index contributed by atoms with van der Waals surface area (Å²) in [6.07, 6.45) is 10.7. The van der Waals surface area contributed by atoms with E-state index in [4.69, 9.17) is 4.98 Å². The second-order valence-electron chi connectivity index (χ2n) is 8.08. The van der Waals surface area contributed by atoms with E-state index >= 15 is 0 Å². The second-order valence-corrected chi connectivity index (χ2v) is 8.92. The standard InChI is InChI=1S/C20H25N9S/c1-2-4-13(3-1)29-16-12-22-6-5-14(16)15-11-23-18(24-17(15)29)25-19-26-20(30-27-19)28-9-7-21-8-10-28/h5-6,11-13,20-21H,1-4,7-10H2,(H2,23,24,25,26,27). The van der Waals surface area contributed by atoms with Crippen molar-refractivity contribution < 1.29 is 0 Å². The summed E-state index contributed by atoms with van der Waals surface area (Å²) >= 11 is 1.55. The number of anilines is 1. The molecule has 1 unspecified atom stereocenters. The Morgan fingerprint density at radius 1 is 1.10 bits per heavy atom. The molecule has 0 bridgehead atoms. The Kier molecular flexibility index (Phi) is 4.70. The van der Waals surface area contributed by atoms with Gasteiger partial charge >= 0.3 is 0 Å². The van der Waals surface area contributed by atoms with Crippen LogP contribution in [0.1, 0.15) is 31.7 Å². The van der Waals surface area contributed by atoms with Crippen LogP contribution >= 0.6 is 11.9 Å². The van der Waals surface area contributed by atoms with Crippen LogP contribution in [0.25, 0.3) is 21.9 Å². The Bertz CT molecular complexity index is 1100. The SMILES string of the molecule is c1cc2c3cnc(NC4=NSC(N5CCNCC5)N4)nc3n(C3CCCC3)c2cn1. The van der Waals surface area contributed by atoms with Crippen LogP contribution in [0.4, 0.5) is 5.95 Å². The highest BCUT2D eigenvalue weighted by atomic mass is 32.2. The van der Waals surface area contributed by atoms with Gasteiger partial charge in [0.15, 0.2) is 5.50 Å². The van der Waals surface area contributed by atoms with E-state index < -0.39 is 0 Å². The van der Waals surface area contributed by atoms with Crippen LogP contribution < -0.4 is 16.0 Å². The number of fused-ring (bicyclic) bond motifs is 3. The molecule has 0 aromatic carbocycles. The maximum absolute atomic E-state index is 4.92. The van der Waals surface area contributed by atoms with Crippen molar-refractivity contribution >= 4 is 45.8 Å². The molecule has 1 saturated heterocycles. The van der Waals surface area contributed by atoms with Crippen LogP contribution in [0, 0.1) is 0 Å². The zero-order valence-corrected chi connectivity index (χ0v) is 17.5. The zero-order chi connectivity index (χ0) is 19.9. The van der Waals surface area contributed by atoms with Crippen molar-refractivity contribution in [1.29, 1.82) is 0 Å². The van der Waals surface area contributed by atoms with Crippen LogP contribution in [0.15, 0.2) is 29.1 Å². The molecule has 1 atom stereocenters. The van der Waals surface area contributed by atoms with Crippen molar-refractivity contribution in [2.24, 2.45) is 4.40 Å². The summed E-state index contributed by atoms with van der Waals surface area (Å²) < 4.78 is 6.94. The molecule has 1 saturated carbocycles. The first kappa shape index (κ1) is 18.3. The van der Waals surface area contributed by atoms with Gasteiger partial charge in [0.25, 0.3) is 0 Å². The number of rotatable bonds is 3. The number of pyridine rings is 1. The van der Waals surface area contributed by atoms with Crippen LogP contribution in [0.3, 0.4) is 0 Å². The van der Waals surface area contributed by atoms with Crippen molar-refractivity contribution in [3.05, 3.63) is 24.7 Å². The molecule has 2 fully saturated rings. The fraction of sp³-hybridized carbons (Fsp3) is 0.500. The number of hydrogen-bond donors (Lipinski definition) is 3. The molecule has 0 spiro atoms. The van der Waals surface area contributed by atoms with Gasteiger partial charge in [0.1, 0.15) is 5.65 Å². The second kappa shape index (κ2) is 7.68. The molecule has 30 heavy (non-hydrogen) atoms. The predicted octanol–water partition coefficient (Wildman–Crippen LogP) is 2.30. The van der Waals surface area contributed by atoms with Crippen LogP contribution in [0.5, 0.6) is 0 Å². The fourth-order valence-electron chi connectivity index (χ4n) is 4.77. The van der Waals surface area contributed by atoms with E-state index in [0.29, 0.717) is 17.9 Å². The maximum atomic E-state index is 4.92. The summed E-state index contributed by atoms with van der Waals surface area (Å²) in [6.45, 7) is 4.07.